The molecule has 2 N–H and O–H groups in total. The van der Waals surface area contributed by atoms with Gasteiger partial charge in [-0.15, -0.1) is 0 Å². The average Bonchev–Trinajstić information content (AvgIpc) is 2.60. The molecule has 0 spiro atoms. The summed E-state index contributed by atoms with van der Waals surface area (Å²) < 4.78 is 0. The Hall–Kier alpha value is -2.88. The summed E-state index contributed by atoms with van der Waals surface area (Å²) in [7, 11) is 0. The largest absolute Gasteiger partial charge is 0.366 e. The fourth-order valence-electron chi connectivity index (χ4n) is 2.41. The van der Waals surface area contributed by atoms with E-state index in [9.17, 15) is 0 Å². The topological polar surface area (TPSA) is 49.8 Å². The number of nitrogens with zero attached hydrogens (tertiary/aromatic N) is 2. The van der Waals surface area contributed by atoms with Crippen molar-refractivity contribution in [2.75, 3.05) is 10.6 Å². The first-order valence-electron chi connectivity index (χ1n) is 8.12. The normalized spacial score (nSPS) is 10.4. The molecule has 24 heavy (non-hydrogen) atoms. The zero-order valence-corrected chi connectivity index (χ0v) is 14.1. The highest BCUT2D eigenvalue weighted by Crippen LogP contribution is 2.13. The number of aromatic nitrogens is 2. The molecule has 0 amide bonds. The number of anilines is 2. The van der Waals surface area contributed by atoms with Crippen molar-refractivity contribution in [1.29, 1.82) is 0 Å². The minimum absolute atomic E-state index is 0.644. The van der Waals surface area contributed by atoms with Gasteiger partial charge in [0.05, 0.1) is 0 Å². The summed E-state index contributed by atoms with van der Waals surface area (Å²) in [6.45, 7) is 5.53. The lowest BCUT2D eigenvalue weighted by molar-refractivity contribution is 1.01. The molecule has 0 aliphatic carbocycles. The van der Waals surface area contributed by atoms with Crippen LogP contribution in [0, 0.1) is 13.8 Å². The maximum Gasteiger partial charge on any atom is 0.225 e. The van der Waals surface area contributed by atoms with Gasteiger partial charge in [0.1, 0.15) is 5.82 Å². The molecular weight excluding hydrogens is 296 g/mol. The third-order valence-electron chi connectivity index (χ3n) is 3.74. The van der Waals surface area contributed by atoms with Crippen LogP contribution in [-0.2, 0) is 13.1 Å². The van der Waals surface area contributed by atoms with Crippen molar-refractivity contribution >= 4 is 11.8 Å². The van der Waals surface area contributed by atoms with E-state index >= 15 is 0 Å². The summed E-state index contributed by atoms with van der Waals surface area (Å²) in [5.74, 6) is 1.48. The van der Waals surface area contributed by atoms with Crippen LogP contribution in [0.2, 0.25) is 0 Å². The predicted molar refractivity (Wildman–Crippen MR) is 99.0 cm³/mol. The molecule has 1 heterocycles. The van der Waals surface area contributed by atoms with Crippen molar-refractivity contribution in [2.24, 2.45) is 0 Å². The molecule has 2 aromatic carbocycles. The Balaban J connectivity index is 1.63. The molecule has 4 nitrogen and oxygen atoms in total. The van der Waals surface area contributed by atoms with E-state index in [-0.39, 0.29) is 0 Å². The fourth-order valence-corrected chi connectivity index (χ4v) is 2.41. The van der Waals surface area contributed by atoms with Crippen LogP contribution < -0.4 is 10.6 Å². The maximum absolute atomic E-state index is 4.55. The summed E-state index contributed by atoms with van der Waals surface area (Å²) in [5.41, 5.74) is 4.64. The summed E-state index contributed by atoms with van der Waals surface area (Å²) in [4.78, 5) is 9.00. The SMILES string of the molecule is Cc1ccc(CNc2cc(C)nc(NCc3ccccc3)n2)cc1. The van der Waals surface area contributed by atoms with E-state index in [2.05, 4.69) is 63.9 Å². The van der Waals surface area contributed by atoms with Crippen LogP contribution >= 0.6 is 0 Å². The van der Waals surface area contributed by atoms with Gasteiger partial charge >= 0.3 is 0 Å². The Morgan fingerprint density at radius 3 is 2.17 bits per heavy atom. The molecule has 0 aliphatic heterocycles. The summed E-state index contributed by atoms with van der Waals surface area (Å²) in [6, 6.07) is 20.7. The molecule has 0 radical (unpaired) electrons. The van der Waals surface area contributed by atoms with Crippen LogP contribution in [0.5, 0.6) is 0 Å². The lowest BCUT2D eigenvalue weighted by Crippen LogP contribution is -2.08. The molecule has 0 fully saturated rings. The molecule has 0 unspecified atom stereocenters. The second kappa shape index (κ2) is 7.59. The third-order valence-corrected chi connectivity index (χ3v) is 3.74. The average molecular weight is 318 g/mol. The van der Waals surface area contributed by atoms with Gasteiger partial charge in [0, 0.05) is 24.8 Å². The van der Waals surface area contributed by atoms with Gasteiger partial charge in [0.15, 0.2) is 0 Å². The van der Waals surface area contributed by atoms with E-state index in [1.165, 1.54) is 16.7 Å². The summed E-state index contributed by atoms with van der Waals surface area (Å²) in [5, 5.41) is 6.65. The molecule has 0 saturated carbocycles. The Labute approximate surface area is 143 Å². The van der Waals surface area contributed by atoms with Gasteiger partial charge in [-0.1, -0.05) is 60.2 Å². The van der Waals surface area contributed by atoms with E-state index in [0.29, 0.717) is 12.5 Å². The molecule has 3 rings (SSSR count). The zero-order valence-electron chi connectivity index (χ0n) is 14.1. The van der Waals surface area contributed by atoms with Gasteiger partial charge in [-0.25, -0.2) is 4.98 Å². The highest BCUT2D eigenvalue weighted by atomic mass is 15.1. The van der Waals surface area contributed by atoms with Crippen LogP contribution in [0.1, 0.15) is 22.4 Å². The highest BCUT2D eigenvalue weighted by molar-refractivity contribution is 5.43. The minimum Gasteiger partial charge on any atom is -0.366 e. The van der Waals surface area contributed by atoms with Crippen molar-refractivity contribution in [3.63, 3.8) is 0 Å². The monoisotopic (exact) mass is 318 g/mol. The highest BCUT2D eigenvalue weighted by Gasteiger charge is 2.03. The van der Waals surface area contributed by atoms with Crippen molar-refractivity contribution in [2.45, 2.75) is 26.9 Å². The van der Waals surface area contributed by atoms with Gasteiger partial charge in [-0.3, -0.25) is 0 Å². The molecule has 3 aromatic rings. The Bertz CT molecular complexity index is 782. The second-order valence-electron chi connectivity index (χ2n) is 5.90. The van der Waals surface area contributed by atoms with Crippen LogP contribution in [0.25, 0.3) is 0 Å². The number of rotatable bonds is 6. The van der Waals surface area contributed by atoms with Gasteiger partial charge in [0.2, 0.25) is 5.95 Å². The lowest BCUT2D eigenvalue weighted by atomic mass is 10.1. The predicted octanol–water partition coefficient (Wildman–Crippen LogP) is 4.32. The van der Waals surface area contributed by atoms with Gasteiger partial charge in [0.25, 0.3) is 0 Å². The fraction of sp³-hybridized carbons (Fsp3) is 0.200. The molecule has 0 atom stereocenters. The maximum atomic E-state index is 4.55. The van der Waals surface area contributed by atoms with Crippen molar-refractivity contribution in [3.05, 3.63) is 83.0 Å². The number of benzene rings is 2. The lowest BCUT2D eigenvalue weighted by Gasteiger charge is -2.10. The van der Waals surface area contributed by atoms with Crippen LogP contribution in [0.3, 0.4) is 0 Å². The first-order valence-corrected chi connectivity index (χ1v) is 8.12. The Morgan fingerprint density at radius 1 is 0.750 bits per heavy atom. The van der Waals surface area contributed by atoms with Crippen molar-refractivity contribution < 1.29 is 0 Å². The Kier molecular flexibility index (Phi) is 5.06. The minimum atomic E-state index is 0.644. The van der Waals surface area contributed by atoms with Gasteiger partial charge in [-0.05, 0) is 25.0 Å². The molecule has 4 heteroatoms. The Morgan fingerprint density at radius 2 is 1.42 bits per heavy atom. The smallest absolute Gasteiger partial charge is 0.225 e. The summed E-state index contributed by atoms with van der Waals surface area (Å²) in [6.07, 6.45) is 0. The van der Waals surface area contributed by atoms with Crippen molar-refractivity contribution in [3.8, 4) is 0 Å². The number of nitrogens with one attached hydrogen (secondary N) is 2. The quantitative estimate of drug-likeness (QED) is 0.711. The van der Waals surface area contributed by atoms with E-state index in [0.717, 1.165) is 18.1 Å². The molecular formula is C20H22N4. The van der Waals surface area contributed by atoms with Crippen LogP contribution in [-0.4, -0.2) is 9.97 Å². The van der Waals surface area contributed by atoms with E-state index in [1.807, 2.05) is 31.2 Å². The first kappa shape index (κ1) is 16.0. The van der Waals surface area contributed by atoms with Crippen LogP contribution in [0.15, 0.2) is 60.7 Å². The summed E-state index contributed by atoms with van der Waals surface area (Å²) >= 11 is 0. The van der Waals surface area contributed by atoms with E-state index in [1.54, 1.807) is 0 Å². The van der Waals surface area contributed by atoms with E-state index in [4.69, 9.17) is 0 Å². The van der Waals surface area contributed by atoms with E-state index < -0.39 is 0 Å². The number of hydrogen-bond donors (Lipinski definition) is 2. The van der Waals surface area contributed by atoms with Gasteiger partial charge in [-0.2, -0.15) is 4.98 Å². The van der Waals surface area contributed by atoms with Gasteiger partial charge < -0.3 is 10.6 Å². The molecule has 122 valence electrons. The molecule has 0 saturated heterocycles. The molecule has 0 bridgehead atoms. The second-order valence-corrected chi connectivity index (χ2v) is 5.90. The van der Waals surface area contributed by atoms with Crippen LogP contribution in [0.4, 0.5) is 11.8 Å². The molecule has 0 aliphatic rings. The number of aryl methyl sites for hydroxylation is 2. The molecule has 1 aromatic heterocycles. The standard InChI is InChI=1S/C20H22N4/c1-15-8-10-18(11-9-15)13-21-19-12-16(2)23-20(24-19)22-14-17-6-4-3-5-7-17/h3-12H,13-14H2,1-2H3,(H2,21,22,23,24). The number of hydrogen-bond acceptors (Lipinski definition) is 4. The third kappa shape index (κ3) is 4.56. The van der Waals surface area contributed by atoms with Crippen molar-refractivity contribution in [1.82, 2.24) is 9.97 Å². The first-order chi connectivity index (χ1) is 11.7. The zero-order chi connectivity index (χ0) is 16.8.